The van der Waals surface area contributed by atoms with E-state index in [4.69, 9.17) is 11.6 Å². The van der Waals surface area contributed by atoms with Crippen LogP contribution in [0, 0.1) is 5.92 Å². The third-order valence-corrected chi connectivity index (χ3v) is 3.42. The molecule has 0 saturated carbocycles. The lowest BCUT2D eigenvalue weighted by molar-refractivity contribution is 0.0931. The summed E-state index contributed by atoms with van der Waals surface area (Å²) in [6, 6.07) is 9.54. The largest absolute Gasteiger partial charge is 0.348 e. The van der Waals surface area contributed by atoms with E-state index in [1.165, 1.54) is 0 Å². The molecule has 20 heavy (non-hydrogen) atoms. The molecule has 2 aromatic rings. The van der Waals surface area contributed by atoms with Crippen LogP contribution in [0.3, 0.4) is 0 Å². The highest BCUT2D eigenvalue weighted by molar-refractivity contribution is 6.34. The fourth-order valence-corrected chi connectivity index (χ4v) is 2.60. The Morgan fingerprint density at radius 1 is 1.30 bits per heavy atom. The van der Waals surface area contributed by atoms with Gasteiger partial charge in [0, 0.05) is 11.4 Å². The van der Waals surface area contributed by atoms with E-state index in [2.05, 4.69) is 24.1 Å². The van der Waals surface area contributed by atoms with Crippen LogP contribution in [-0.4, -0.2) is 16.9 Å². The van der Waals surface area contributed by atoms with Crippen LogP contribution >= 0.6 is 11.6 Å². The summed E-state index contributed by atoms with van der Waals surface area (Å²) in [6.07, 6.45) is 0.938. The van der Waals surface area contributed by atoms with E-state index in [9.17, 15) is 4.79 Å². The van der Waals surface area contributed by atoms with E-state index >= 15 is 0 Å². The lowest BCUT2D eigenvalue weighted by atomic mass is 10.1. The molecular weight excluding hydrogens is 272 g/mol. The lowest BCUT2D eigenvalue weighted by Crippen LogP contribution is -2.34. The Balaban J connectivity index is 2.22. The van der Waals surface area contributed by atoms with Crippen molar-refractivity contribution >= 4 is 28.3 Å². The molecule has 2 rings (SSSR count). The van der Waals surface area contributed by atoms with Crippen molar-refractivity contribution in [1.82, 2.24) is 10.3 Å². The molecule has 4 heteroatoms. The van der Waals surface area contributed by atoms with Crippen LogP contribution in [0.25, 0.3) is 10.8 Å². The predicted octanol–water partition coefficient (Wildman–Crippen LogP) is 4.05. The Kier molecular flexibility index (Phi) is 4.61. The van der Waals surface area contributed by atoms with Crippen molar-refractivity contribution in [2.75, 3.05) is 0 Å². The number of amides is 1. The summed E-state index contributed by atoms with van der Waals surface area (Å²) in [7, 11) is 0. The van der Waals surface area contributed by atoms with Gasteiger partial charge in [-0.25, -0.2) is 4.98 Å². The zero-order chi connectivity index (χ0) is 14.7. The number of pyridine rings is 1. The van der Waals surface area contributed by atoms with Gasteiger partial charge in [-0.1, -0.05) is 49.7 Å². The summed E-state index contributed by atoms with van der Waals surface area (Å²) in [5.74, 6) is 0.365. The van der Waals surface area contributed by atoms with Crippen LogP contribution in [0.1, 0.15) is 37.7 Å². The highest BCUT2D eigenvalue weighted by Crippen LogP contribution is 2.22. The van der Waals surface area contributed by atoms with Crippen molar-refractivity contribution in [2.45, 2.75) is 33.2 Å². The molecule has 106 valence electrons. The monoisotopic (exact) mass is 290 g/mol. The number of rotatable bonds is 4. The normalized spacial score (nSPS) is 12.7. The molecule has 0 radical (unpaired) electrons. The third-order valence-electron chi connectivity index (χ3n) is 3.13. The molecule has 1 unspecified atom stereocenters. The number of aromatic nitrogens is 1. The van der Waals surface area contributed by atoms with Crippen molar-refractivity contribution in [2.24, 2.45) is 5.92 Å². The first kappa shape index (κ1) is 14.8. The molecule has 0 bridgehead atoms. The molecular formula is C16H19ClN2O. The van der Waals surface area contributed by atoms with Gasteiger partial charge in [0.25, 0.3) is 5.91 Å². The summed E-state index contributed by atoms with van der Waals surface area (Å²) in [6.45, 7) is 6.27. The van der Waals surface area contributed by atoms with Crippen LogP contribution in [0.15, 0.2) is 30.3 Å². The van der Waals surface area contributed by atoms with Crippen LogP contribution in [-0.2, 0) is 0 Å². The first-order chi connectivity index (χ1) is 9.47. The van der Waals surface area contributed by atoms with Gasteiger partial charge in [-0.3, -0.25) is 4.79 Å². The van der Waals surface area contributed by atoms with Gasteiger partial charge in [0.1, 0.15) is 10.8 Å². The van der Waals surface area contributed by atoms with Crippen molar-refractivity contribution in [3.05, 3.63) is 41.2 Å². The van der Waals surface area contributed by atoms with Gasteiger partial charge in [0.15, 0.2) is 0 Å². The predicted molar refractivity (Wildman–Crippen MR) is 83.1 cm³/mol. The molecule has 0 aliphatic rings. The molecule has 1 aromatic heterocycles. The summed E-state index contributed by atoms with van der Waals surface area (Å²) in [4.78, 5) is 16.4. The van der Waals surface area contributed by atoms with Crippen molar-refractivity contribution in [3.8, 4) is 0 Å². The lowest BCUT2D eigenvalue weighted by Gasteiger charge is -2.15. The highest BCUT2D eigenvalue weighted by Gasteiger charge is 2.14. The summed E-state index contributed by atoms with van der Waals surface area (Å²) in [5.41, 5.74) is 0.365. The zero-order valence-electron chi connectivity index (χ0n) is 12.0. The fourth-order valence-electron chi connectivity index (χ4n) is 2.34. The first-order valence-corrected chi connectivity index (χ1v) is 7.21. The third kappa shape index (κ3) is 3.48. The Morgan fingerprint density at radius 2 is 2.00 bits per heavy atom. The van der Waals surface area contributed by atoms with E-state index in [1.54, 1.807) is 6.07 Å². The maximum Gasteiger partial charge on any atom is 0.270 e. The van der Waals surface area contributed by atoms with Gasteiger partial charge in [-0.2, -0.15) is 0 Å². The van der Waals surface area contributed by atoms with Gasteiger partial charge in [0.2, 0.25) is 0 Å². The second kappa shape index (κ2) is 6.23. The Labute approximate surface area is 124 Å². The SMILES string of the molecule is CC(C)CC(C)NC(=O)c1cc2ccccc2c(Cl)n1. The van der Waals surface area contributed by atoms with Crippen LogP contribution in [0.4, 0.5) is 0 Å². The summed E-state index contributed by atoms with van der Waals surface area (Å²) in [5, 5.41) is 5.11. The number of carbonyl (C=O) groups is 1. The number of hydrogen-bond donors (Lipinski definition) is 1. The average molecular weight is 291 g/mol. The van der Waals surface area contributed by atoms with E-state index in [0.717, 1.165) is 17.2 Å². The number of halogens is 1. The summed E-state index contributed by atoms with van der Waals surface area (Å²) >= 11 is 6.14. The van der Waals surface area contributed by atoms with Crippen LogP contribution < -0.4 is 5.32 Å². The molecule has 3 nitrogen and oxygen atoms in total. The molecule has 1 heterocycles. The maximum absolute atomic E-state index is 12.2. The standard InChI is InChI=1S/C16H19ClN2O/c1-10(2)8-11(3)18-16(20)14-9-12-6-4-5-7-13(12)15(17)19-14/h4-7,9-11H,8H2,1-3H3,(H,18,20). The number of fused-ring (bicyclic) bond motifs is 1. The Bertz CT molecular complexity index is 625. The Hall–Kier alpha value is -1.61. The van der Waals surface area contributed by atoms with Gasteiger partial charge in [-0.15, -0.1) is 0 Å². The molecule has 1 N–H and O–H groups in total. The van der Waals surface area contributed by atoms with E-state index in [0.29, 0.717) is 16.8 Å². The second-order valence-electron chi connectivity index (χ2n) is 5.52. The van der Waals surface area contributed by atoms with E-state index in [-0.39, 0.29) is 11.9 Å². The van der Waals surface area contributed by atoms with Crippen molar-refractivity contribution in [1.29, 1.82) is 0 Å². The second-order valence-corrected chi connectivity index (χ2v) is 5.88. The molecule has 0 fully saturated rings. The molecule has 0 aliphatic carbocycles. The highest BCUT2D eigenvalue weighted by atomic mass is 35.5. The van der Waals surface area contributed by atoms with E-state index < -0.39 is 0 Å². The molecule has 0 aliphatic heterocycles. The fraction of sp³-hybridized carbons (Fsp3) is 0.375. The minimum Gasteiger partial charge on any atom is -0.348 e. The van der Waals surface area contributed by atoms with Gasteiger partial charge in [0.05, 0.1) is 0 Å². The minimum atomic E-state index is -0.175. The number of nitrogens with one attached hydrogen (secondary N) is 1. The molecule has 1 atom stereocenters. The van der Waals surface area contributed by atoms with E-state index in [1.807, 2.05) is 31.2 Å². The topological polar surface area (TPSA) is 42.0 Å². The summed E-state index contributed by atoms with van der Waals surface area (Å²) < 4.78 is 0. The minimum absolute atomic E-state index is 0.120. The molecule has 0 spiro atoms. The molecule has 1 aromatic carbocycles. The quantitative estimate of drug-likeness (QED) is 0.863. The molecule has 0 saturated heterocycles. The number of carbonyl (C=O) groups excluding carboxylic acids is 1. The van der Waals surface area contributed by atoms with Crippen LogP contribution in [0.2, 0.25) is 5.15 Å². The molecule has 1 amide bonds. The first-order valence-electron chi connectivity index (χ1n) is 6.83. The van der Waals surface area contributed by atoms with Gasteiger partial charge in [-0.05, 0) is 30.7 Å². The number of benzene rings is 1. The Morgan fingerprint density at radius 3 is 2.70 bits per heavy atom. The zero-order valence-corrected chi connectivity index (χ0v) is 12.7. The number of hydrogen-bond acceptors (Lipinski definition) is 2. The van der Waals surface area contributed by atoms with Crippen LogP contribution in [0.5, 0.6) is 0 Å². The van der Waals surface area contributed by atoms with Gasteiger partial charge < -0.3 is 5.32 Å². The number of nitrogens with zero attached hydrogens (tertiary/aromatic N) is 1. The van der Waals surface area contributed by atoms with Gasteiger partial charge >= 0.3 is 0 Å². The maximum atomic E-state index is 12.2. The average Bonchev–Trinajstić information content (AvgIpc) is 2.37. The smallest absolute Gasteiger partial charge is 0.270 e. The van der Waals surface area contributed by atoms with Crippen molar-refractivity contribution in [3.63, 3.8) is 0 Å². The van der Waals surface area contributed by atoms with Crippen molar-refractivity contribution < 1.29 is 4.79 Å².